The fourth-order valence-corrected chi connectivity index (χ4v) is 6.82. The first-order valence-corrected chi connectivity index (χ1v) is 17.5. The minimum Gasteiger partial charge on any atom is -0.309 e. The Hall–Kier alpha value is -7.43. The van der Waals surface area contributed by atoms with Gasteiger partial charge < -0.3 is 4.57 Å². The van der Waals surface area contributed by atoms with Crippen LogP contribution in [0, 0.1) is 0 Å². The number of hydrogen-bond acceptors (Lipinski definition) is 3. The molecule has 55 heavy (non-hydrogen) atoms. The van der Waals surface area contributed by atoms with E-state index in [0.29, 0.717) is 34.2 Å². The van der Waals surface area contributed by atoms with E-state index in [9.17, 15) is 1.37 Å². The SMILES string of the molecule is [2H]c1c([2H])c([2H])c(-n2c3c([2H])c([2H])c([2H])c([2H])c3c3c([2H])c([2H])c([2H])c(-c4cccc(-c5ccc(-c6nc(-c7ccccc7)nc(-c7ccc(-c8ccccc8)cc7)n6)cc5)c4)c32)c([2H])c1[2H]. The van der Waals surface area contributed by atoms with Crippen molar-refractivity contribution in [1.29, 1.82) is 0 Å². The average molecular weight is 715 g/mol. The molecule has 0 atom stereocenters. The first-order valence-electron chi connectivity index (χ1n) is 23.5. The van der Waals surface area contributed by atoms with Crippen LogP contribution in [0.2, 0.25) is 0 Å². The van der Waals surface area contributed by atoms with E-state index in [-0.39, 0.29) is 27.4 Å². The lowest BCUT2D eigenvalue weighted by atomic mass is 9.97. The summed E-state index contributed by atoms with van der Waals surface area (Å²) in [6, 6.07) is 35.2. The highest BCUT2D eigenvalue weighted by Gasteiger charge is 2.17. The predicted octanol–water partition coefficient (Wildman–Crippen LogP) is 13.0. The van der Waals surface area contributed by atoms with Gasteiger partial charge in [-0.1, -0.05) is 182 Å². The van der Waals surface area contributed by atoms with Crippen LogP contribution >= 0.6 is 0 Å². The number of para-hydroxylation sites is 3. The third kappa shape index (κ3) is 6.06. The lowest BCUT2D eigenvalue weighted by Crippen LogP contribution is -2.00. The van der Waals surface area contributed by atoms with Crippen molar-refractivity contribution < 1.29 is 16.4 Å². The fourth-order valence-electron chi connectivity index (χ4n) is 6.82. The van der Waals surface area contributed by atoms with Gasteiger partial charge >= 0.3 is 0 Å². The molecule has 2 heterocycles. The number of rotatable bonds is 7. The first-order chi connectivity index (χ1) is 32.2. The predicted molar refractivity (Wildman–Crippen MR) is 227 cm³/mol. The molecule has 0 aliphatic carbocycles. The van der Waals surface area contributed by atoms with Crippen molar-refractivity contribution in [3.63, 3.8) is 0 Å². The van der Waals surface area contributed by atoms with Gasteiger partial charge in [0.25, 0.3) is 0 Å². The lowest BCUT2D eigenvalue weighted by molar-refractivity contribution is 1.07. The molecule has 4 nitrogen and oxygen atoms in total. The summed E-state index contributed by atoms with van der Waals surface area (Å²) >= 11 is 0. The Bertz CT molecular complexity index is 3610. The van der Waals surface area contributed by atoms with Gasteiger partial charge in [0.15, 0.2) is 17.5 Å². The van der Waals surface area contributed by atoms with Crippen molar-refractivity contribution in [2.75, 3.05) is 0 Å². The molecule has 0 N–H and O–H groups in total. The molecule has 0 bridgehead atoms. The topological polar surface area (TPSA) is 43.6 Å². The molecule has 0 spiro atoms. The van der Waals surface area contributed by atoms with E-state index in [0.717, 1.165) is 32.4 Å². The Kier molecular flexibility index (Phi) is 5.52. The summed E-state index contributed by atoms with van der Waals surface area (Å²) in [5.74, 6) is 1.45. The van der Waals surface area contributed by atoms with Crippen LogP contribution in [0.5, 0.6) is 0 Å². The van der Waals surface area contributed by atoms with Crippen LogP contribution in [0.15, 0.2) is 206 Å². The zero-order valence-electron chi connectivity index (χ0n) is 41.0. The van der Waals surface area contributed by atoms with Crippen molar-refractivity contribution in [1.82, 2.24) is 19.5 Å². The number of aromatic nitrogens is 4. The second kappa shape index (κ2) is 13.8. The molecular weight excluding hydrogens is 669 g/mol. The highest BCUT2D eigenvalue weighted by atomic mass is 15.0. The summed E-state index contributed by atoms with van der Waals surface area (Å²) in [5.41, 5.74) is 5.54. The van der Waals surface area contributed by atoms with Gasteiger partial charge in [-0.2, -0.15) is 0 Å². The maximum atomic E-state index is 9.31. The van der Waals surface area contributed by atoms with Crippen LogP contribution in [-0.2, 0) is 0 Å². The van der Waals surface area contributed by atoms with E-state index in [4.69, 9.17) is 30.0 Å². The highest BCUT2D eigenvalue weighted by Crippen LogP contribution is 2.39. The molecule has 0 aliphatic rings. The Morgan fingerprint density at radius 1 is 0.364 bits per heavy atom. The van der Waals surface area contributed by atoms with Gasteiger partial charge in [-0.3, -0.25) is 0 Å². The van der Waals surface area contributed by atoms with Crippen LogP contribution in [0.25, 0.3) is 95.0 Å². The molecule has 10 rings (SSSR count). The van der Waals surface area contributed by atoms with Crippen LogP contribution in [0.3, 0.4) is 0 Å². The third-order valence-electron chi connectivity index (χ3n) is 9.47. The Balaban J connectivity index is 1.13. The second-order valence-corrected chi connectivity index (χ2v) is 12.8. The van der Waals surface area contributed by atoms with Gasteiger partial charge in [-0.25, -0.2) is 15.0 Å². The van der Waals surface area contributed by atoms with E-state index in [1.807, 2.05) is 103 Å². The molecule has 258 valence electrons. The molecule has 0 saturated heterocycles. The van der Waals surface area contributed by atoms with Gasteiger partial charge in [0.1, 0.15) is 0 Å². The van der Waals surface area contributed by atoms with Crippen molar-refractivity contribution in [2.24, 2.45) is 0 Å². The van der Waals surface area contributed by atoms with E-state index in [1.165, 1.54) is 0 Å². The van der Waals surface area contributed by atoms with E-state index in [1.54, 1.807) is 18.2 Å². The van der Waals surface area contributed by atoms with Gasteiger partial charge in [-0.15, -0.1) is 0 Å². The van der Waals surface area contributed by atoms with Crippen LogP contribution in [0.4, 0.5) is 0 Å². The number of benzene rings is 8. The van der Waals surface area contributed by atoms with Crippen molar-refractivity contribution in [3.8, 4) is 73.2 Å². The molecule has 4 heteroatoms. The van der Waals surface area contributed by atoms with E-state index >= 15 is 0 Å². The summed E-state index contributed by atoms with van der Waals surface area (Å²) in [4.78, 5) is 14.7. The van der Waals surface area contributed by atoms with Gasteiger partial charge in [0.2, 0.25) is 0 Å². The molecule has 0 unspecified atom stereocenters. The highest BCUT2D eigenvalue weighted by molar-refractivity contribution is 6.13. The normalized spacial score (nSPS) is 14.3. The zero-order chi connectivity index (χ0) is 47.0. The molecular formula is C51H34N4. The smallest absolute Gasteiger partial charge is 0.164 e. The molecule has 10 aromatic rings. The quantitative estimate of drug-likeness (QED) is 0.165. The first kappa shape index (κ1) is 21.9. The van der Waals surface area contributed by atoms with Crippen LogP contribution < -0.4 is 0 Å². The second-order valence-electron chi connectivity index (χ2n) is 12.8. The van der Waals surface area contributed by atoms with Gasteiger partial charge in [-0.05, 0) is 52.0 Å². The van der Waals surface area contributed by atoms with Crippen molar-refractivity contribution in [3.05, 3.63) is 206 Å². The van der Waals surface area contributed by atoms with E-state index < -0.39 is 78.2 Å². The Morgan fingerprint density at radius 3 is 1.49 bits per heavy atom. The van der Waals surface area contributed by atoms with Gasteiger partial charge in [0, 0.05) is 38.7 Å². The minimum absolute atomic E-state index is 0.0253. The number of nitrogens with zero attached hydrogens (tertiary/aromatic N) is 4. The molecule has 0 aliphatic heterocycles. The molecule has 0 saturated carbocycles. The standard InChI is InChI=1S/C51H34N4/c1-4-14-35(15-5-1)36-26-30-39(31-27-36)50-52-49(38-16-6-2-7-17-38)53-51(54-50)40-32-28-37(29-33-40)41-18-12-19-42(34-41)44-23-13-24-46-45-22-10-11-25-47(45)55(48(44)46)43-20-8-3-9-21-43/h1-34H/i3D,8D,9D,10D,11D,13D,20D,21D,22D,23D,24D,25D. The van der Waals surface area contributed by atoms with Crippen molar-refractivity contribution in [2.45, 2.75) is 0 Å². The maximum absolute atomic E-state index is 9.31. The summed E-state index contributed by atoms with van der Waals surface area (Å²) in [7, 11) is 0. The minimum atomic E-state index is -0.685. The Morgan fingerprint density at radius 2 is 0.836 bits per heavy atom. The van der Waals surface area contributed by atoms with Crippen LogP contribution in [0.1, 0.15) is 16.4 Å². The number of hydrogen-bond donors (Lipinski definition) is 0. The lowest BCUT2D eigenvalue weighted by Gasteiger charge is -2.13. The average Bonchev–Trinajstić information content (AvgIpc) is 3.71. The number of fused-ring (bicyclic) bond motifs is 3. The summed E-state index contributed by atoms with van der Waals surface area (Å²) < 4.78 is 107. The van der Waals surface area contributed by atoms with Crippen molar-refractivity contribution >= 4 is 21.8 Å². The molecule has 2 aromatic heterocycles. The fraction of sp³-hybridized carbons (Fsp3) is 0. The molecule has 0 fully saturated rings. The van der Waals surface area contributed by atoms with Gasteiger partial charge in [0.05, 0.1) is 27.5 Å². The zero-order valence-corrected chi connectivity index (χ0v) is 29.0. The largest absolute Gasteiger partial charge is 0.309 e. The third-order valence-corrected chi connectivity index (χ3v) is 9.47. The van der Waals surface area contributed by atoms with Crippen LogP contribution in [-0.4, -0.2) is 19.5 Å². The van der Waals surface area contributed by atoms with E-state index in [2.05, 4.69) is 12.1 Å². The summed E-state index contributed by atoms with van der Waals surface area (Å²) in [6.45, 7) is 0. The monoisotopic (exact) mass is 714 g/mol. The molecule has 8 aromatic carbocycles. The Labute approximate surface area is 336 Å². The summed E-state index contributed by atoms with van der Waals surface area (Å²) in [5, 5.41) is -0.307. The molecule has 0 amide bonds. The maximum Gasteiger partial charge on any atom is 0.164 e. The summed E-state index contributed by atoms with van der Waals surface area (Å²) in [6.07, 6.45) is 0. The molecule has 0 radical (unpaired) electrons.